The SMILES string of the molecule is CN1CCC(CNc2ncnc3ccc(CNC(=O)c4cccn(Cc5ccc(F)c(F)c5)c4=O)cc23)C1. The number of carbonyl (C=O) groups excluding carboxylic acids is 1. The number of halogens is 2. The third-order valence-corrected chi connectivity index (χ3v) is 6.80. The predicted molar refractivity (Wildman–Crippen MR) is 141 cm³/mol. The van der Waals surface area contributed by atoms with Gasteiger partial charge in [-0.05, 0) is 73.5 Å². The Morgan fingerprint density at radius 1 is 1.08 bits per heavy atom. The molecule has 5 rings (SSSR count). The highest BCUT2D eigenvalue weighted by Crippen LogP contribution is 2.22. The number of likely N-dealkylation sites (tertiary alicyclic amines) is 1. The number of nitrogens with one attached hydrogen (secondary N) is 2. The van der Waals surface area contributed by atoms with Gasteiger partial charge < -0.3 is 20.1 Å². The molecule has 8 nitrogen and oxygen atoms in total. The van der Waals surface area contributed by atoms with Gasteiger partial charge in [0, 0.05) is 31.2 Å². The smallest absolute Gasteiger partial charge is 0.263 e. The first-order valence-corrected chi connectivity index (χ1v) is 12.4. The molecule has 3 heterocycles. The van der Waals surface area contributed by atoms with E-state index in [1.165, 1.54) is 29.2 Å². The molecule has 2 aromatic carbocycles. The Kier molecular flexibility index (Phi) is 7.41. The highest BCUT2D eigenvalue weighted by molar-refractivity contribution is 5.94. The van der Waals surface area contributed by atoms with Crippen molar-refractivity contribution >= 4 is 22.6 Å². The minimum atomic E-state index is -0.991. The lowest BCUT2D eigenvalue weighted by molar-refractivity contribution is 0.0949. The fourth-order valence-electron chi connectivity index (χ4n) is 4.73. The molecule has 1 aliphatic rings. The lowest BCUT2D eigenvalue weighted by atomic mass is 10.1. The molecule has 1 unspecified atom stereocenters. The van der Waals surface area contributed by atoms with Crippen molar-refractivity contribution in [2.75, 3.05) is 32.0 Å². The summed E-state index contributed by atoms with van der Waals surface area (Å²) in [5.41, 5.74) is 1.48. The normalized spacial score (nSPS) is 15.6. The summed E-state index contributed by atoms with van der Waals surface area (Å²) >= 11 is 0. The van der Waals surface area contributed by atoms with Gasteiger partial charge in [0.1, 0.15) is 17.7 Å². The summed E-state index contributed by atoms with van der Waals surface area (Å²) in [6.07, 6.45) is 4.18. The zero-order valence-electron chi connectivity index (χ0n) is 21.0. The topological polar surface area (TPSA) is 92.2 Å². The van der Waals surface area contributed by atoms with Crippen molar-refractivity contribution in [3.05, 3.63) is 99.7 Å². The first-order chi connectivity index (χ1) is 18.4. The zero-order valence-corrected chi connectivity index (χ0v) is 21.0. The molecule has 1 saturated heterocycles. The average molecular weight is 519 g/mol. The monoisotopic (exact) mass is 518 g/mol. The van der Waals surface area contributed by atoms with Crippen LogP contribution in [0.3, 0.4) is 0 Å². The van der Waals surface area contributed by atoms with Crippen LogP contribution in [0.2, 0.25) is 0 Å². The molecule has 38 heavy (non-hydrogen) atoms. The summed E-state index contributed by atoms with van der Waals surface area (Å²) in [5.74, 6) is -1.16. The van der Waals surface area contributed by atoms with Gasteiger partial charge in [0.2, 0.25) is 0 Å². The van der Waals surface area contributed by atoms with Crippen LogP contribution < -0.4 is 16.2 Å². The van der Waals surface area contributed by atoms with Gasteiger partial charge in [0.25, 0.3) is 11.5 Å². The van der Waals surface area contributed by atoms with Crippen molar-refractivity contribution in [3.8, 4) is 0 Å². The molecule has 1 fully saturated rings. The summed E-state index contributed by atoms with van der Waals surface area (Å²) in [6, 6.07) is 12.1. The lowest BCUT2D eigenvalue weighted by Crippen LogP contribution is -2.32. The highest BCUT2D eigenvalue weighted by atomic mass is 19.2. The number of hydrogen-bond acceptors (Lipinski definition) is 6. The minimum Gasteiger partial charge on any atom is -0.369 e. The number of carbonyl (C=O) groups is 1. The molecule has 0 radical (unpaired) electrons. The van der Waals surface area contributed by atoms with Crippen molar-refractivity contribution in [2.45, 2.75) is 19.5 Å². The molecule has 10 heteroatoms. The van der Waals surface area contributed by atoms with Crippen LogP contribution in [0.15, 0.2) is 65.8 Å². The number of hydrogen-bond donors (Lipinski definition) is 2. The minimum absolute atomic E-state index is 0.00868. The Morgan fingerprint density at radius 3 is 2.71 bits per heavy atom. The van der Waals surface area contributed by atoms with Gasteiger partial charge in [-0.15, -0.1) is 0 Å². The van der Waals surface area contributed by atoms with Crippen LogP contribution in [0, 0.1) is 17.6 Å². The van der Waals surface area contributed by atoms with Gasteiger partial charge in [-0.25, -0.2) is 18.7 Å². The number of fused-ring (bicyclic) bond motifs is 1. The Labute approximate surface area is 218 Å². The third-order valence-electron chi connectivity index (χ3n) is 6.80. The number of pyridine rings is 1. The van der Waals surface area contributed by atoms with Crippen LogP contribution in [0.1, 0.15) is 27.9 Å². The van der Waals surface area contributed by atoms with Crippen LogP contribution in [-0.4, -0.2) is 52.0 Å². The van der Waals surface area contributed by atoms with E-state index in [4.69, 9.17) is 0 Å². The Balaban J connectivity index is 1.27. The van der Waals surface area contributed by atoms with E-state index in [2.05, 4.69) is 32.5 Å². The van der Waals surface area contributed by atoms with Crippen molar-refractivity contribution in [3.63, 3.8) is 0 Å². The molecule has 1 atom stereocenters. The second kappa shape index (κ2) is 11.1. The average Bonchev–Trinajstić information content (AvgIpc) is 3.34. The first kappa shape index (κ1) is 25.5. The van der Waals surface area contributed by atoms with Crippen molar-refractivity contribution < 1.29 is 13.6 Å². The molecule has 4 aromatic rings. The number of rotatable bonds is 8. The van der Waals surface area contributed by atoms with Gasteiger partial charge in [-0.2, -0.15) is 0 Å². The van der Waals surface area contributed by atoms with Gasteiger partial charge in [-0.1, -0.05) is 12.1 Å². The summed E-state index contributed by atoms with van der Waals surface area (Å²) in [7, 11) is 2.12. The van der Waals surface area contributed by atoms with E-state index in [1.54, 1.807) is 6.07 Å². The number of anilines is 1. The Morgan fingerprint density at radius 2 is 1.92 bits per heavy atom. The molecule has 1 aliphatic heterocycles. The second-order valence-electron chi connectivity index (χ2n) is 9.66. The number of nitrogens with zero attached hydrogens (tertiary/aromatic N) is 4. The van der Waals surface area contributed by atoms with Crippen LogP contribution in [0.5, 0.6) is 0 Å². The van der Waals surface area contributed by atoms with Crippen LogP contribution in [-0.2, 0) is 13.1 Å². The lowest BCUT2D eigenvalue weighted by Gasteiger charge is -2.14. The second-order valence-corrected chi connectivity index (χ2v) is 9.66. The summed E-state index contributed by atoms with van der Waals surface area (Å²) in [5, 5.41) is 7.12. The maximum absolute atomic E-state index is 13.6. The van der Waals surface area contributed by atoms with Gasteiger partial charge >= 0.3 is 0 Å². The van der Waals surface area contributed by atoms with Crippen molar-refractivity contribution in [2.24, 2.45) is 5.92 Å². The van der Waals surface area contributed by atoms with Crippen LogP contribution in [0.25, 0.3) is 10.9 Å². The summed E-state index contributed by atoms with van der Waals surface area (Å²) in [4.78, 5) is 36.9. The van der Waals surface area contributed by atoms with Gasteiger partial charge in [0.05, 0.1) is 12.1 Å². The number of aromatic nitrogens is 3. The highest BCUT2D eigenvalue weighted by Gasteiger charge is 2.19. The summed E-state index contributed by atoms with van der Waals surface area (Å²) in [6.45, 7) is 3.18. The molecule has 1 amide bonds. The Hall–Kier alpha value is -4.18. The predicted octanol–water partition coefficient (Wildman–Crippen LogP) is 3.41. The number of benzene rings is 2. The van der Waals surface area contributed by atoms with E-state index in [-0.39, 0.29) is 18.7 Å². The van der Waals surface area contributed by atoms with Crippen molar-refractivity contribution in [1.29, 1.82) is 0 Å². The fourth-order valence-corrected chi connectivity index (χ4v) is 4.73. The Bertz CT molecular complexity index is 1540. The largest absolute Gasteiger partial charge is 0.369 e. The maximum atomic E-state index is 13.6. The molecule has 0 aliphatic carbocycles. The fraction of sp³-hybridized carbons (Fsp3) is 0.286. The zero-order chi connectivity index (χ0) is 26.6. The molecule has 2 N–H and O–H groups in total. The molecule has 196 valence electrons. The van der Waals surface area contributed by atoms with Gasteiger partial charge in [0.15, 0.2) is 11.6 Å². The van der Waals surface area contributed by atoms with Crippen LogP contribution >= 0.6 is 0 Å². The van der Waals surface area contributed by atoms with Crippen LogP contribution in [0.4, 0.5) is 14.6 Å². The first-order valence-electron chi connectivity index (χ1n) is 12.4. The summed E-state index contributed by atoms with van der Waals surface area (Å²) < 4.78 is 28.1. The van der Waals surface area contributed by atoms with Crippen molar-refractivity contribution in [1.82, 2.24) is 24.8 Å². The molecule has 0 bridgehead atoms. The van der Waals surface area contributed by atoms with E-state index in [1.807, 2.05) is 18.2 Å². The molecule has 0 spiro atoms. The van der Waals surface area contributed by atoms with E-state index in [0.717, 1.165) is 60.5 Å². The quantitative estimate of drug-likeness (QED) is 0.372. The van der Waals surface area contributed by atoms with E-state index in [9.17, 15) is 18.4 Å². The van der Waals surface area contributed by atoms with E-state index in [0.29, 0.717) is 11.5 Å². The molecular weight excluding hydrogens is 490 g/mol. The maximum Gasteiger partial charge on any atom is 0.263 e. The van der Waals surface area contributed by atoms with E-state index < -0.39 is 23.1 Å². The van der Waals surface area contributed by atoms with Gasteiger partial charge in [-0.3, -0.25) is 9.59 Å². The molecular formula is C28H28F2N6O2. The van der Waals surface area contributed by atoms with E-state index >= 15 is 0 Å². The number of amides is 1. The molecule has 0 saturated carbocycles. The third kappa shape index (κ3) is 5.70. The standard InChI is InChI=1S/C28H28F2N6O2/c1-35-10-8-20(15-35)14-31-26-22-11-18(5-7-25(22)33-17-34-26)13-32-27(37)21-3-2-9-36(28(21)38)16-19-4-6-23(29)24(30)12-19/h2-7,9,11-12,17,20H,8,10,13-16H2,1H3,(H,32,37)(H,31,33,34). The molecule has 2 aromatic heterocycles.